The fourth-order valence-electron chi connectivity index (χ4n) is 3.84. The molecule has 1 aromatic carbocycles. The summed E-state index contributed by atoms with van der Waals surface area (Å²) in [7, 11) is 0. The van der Waals surface area contributed by atoms with Crippen molar-refractivity contribution < 1.29 is 9.21 Å². The number of aromatic nitrogens is 2. The lowest BCUT2D eigenvalue weighted by Gasteiger charge is -2.25. The maximum absolute atomic E-state index is 12.8. The van der Waals surface area contributed by atoms with Crippen molar-refractivity contribution in [3.05, 3.63) is 54.2 Å². The third-order valence-electron chi connectivity index (χ3n) is 5.04. The summed E-state index contributed by atoms with van der Waals surface area (Å²) in [5.41, 5.74) is 2.16. The first-order valence-corrected chi connectivity index (χ1v) is 9.05. The maximum Gasteiger partial charge on any atom is 0.223 e. The summed E-state index contributed by atoms with van der Waals surface area (Å²) < 4.78 is 7.60. The van der Waals surface area contributed by atoms with E-state index in [0.717, 1.165) is 48.5 Å². The van der Waals surface area contributed by atoms with Crippen molar-refractivity contribution >= 4 is 16.9 Å². The predicted molar refractivity (Wildman–Crippen MR) is 96.1 cm³/mol. The first-order chi connectivity index (χ1) is 12.3. The number of fused-ring (bicyclic) bond motifs is 1. The molecule has 3 aromatic rings. The number of hydrogen-bond donors (Lipinski definition) is 0. The highest BCUT2D eigenvalue weighted by atomic mass is 16.3. The zero-order valence-corrected chi connectivity index (χ0v) is 14.5. The van der Waals surface area contributed by atoms with Gasteiger partial charge in [-0.2, -0.15) is 0 Å². The van der Waals surface area contributed by atoms with Crippen LogP contribution in [0.25, 0.3) is 11.0 Å². The van der Waals surface area contributed by atoms with Gasteiger partial charge in [0.2, 0.25) is 5.91 Å². The smallest absolute Gasteiger partial charge is 0.223 e. The topological polar surface area (TPSA) is 51.3 Å². The molecular weight excluding hydrogens is 314 g/mol. The van der Waals surface area contributed by atoms with Crippen LogP contribution in [0, 0.1) is 0 Å². The Morgan fingerprint density at radius 1 is 1.28 bits per heavy atom. The number of imidazole rings is 1. The van der Waals surface area contributed by atoms with Crippen LogP contribution >= 0.6 is 0 Å². The van der Waals surface area contributed by atoms with Gasteiger partial charge in [0.1, 0.15) is 11.6 Å². The Labute approximate surface area is 147 Å². The fraction of sp³-hybridized carbons (Fsp3) is 0.400. The van der Waals surface area contributed by atoms with Crippen molar-refractivity contribution in [2.75, 3.05) is 6.54 Å². The average Bonchev–Trinajstić information content (AvgIpc) is 3.37. The van der Waals surface area contributed by atoms with Gasteiger partial charge in [0.05, 0.1) is 23.3 Å². The molecule has 0 spiro atoms. The molecule has 0 saturated carbocycles. The summed E-state index contributed by atoms with van der Waals surface area (Å²) in [6.45, 7) is 3.81. The molecule has 1 atom stereocenters. The summed E-state index contributed by atoms with van der Waals surface area (Å²) in [5.74, 6) is 2.08. The highest BCUT2D eigenvalue weighted by molar-refractivity contribution is 5.78. The second kappa shape index (κ2) is 6.75. The molecule has 4 rings (SSSR count). The summed E-state index contributed by atoms with van der Waals surface area (Å²) >= 11 is 0. The van der Waals surface area contributed by atoms with Crippen LogP contribution in [0.4, 0.5) is 0 Å². The normalized spacial score (nSPS) is 17.5. The minimum Gasteiger partial charge on any atom is -0.469 e. The highest BCUT2D eigenvalue weighted by Crippen LogP contribution is 2.34. The molecule has 1 amide bonds. The van der Waals surface area contributed by atoms with Crippen molar-refractivity contribution in [1.82, 2.24) is 14.5 Å². The number of aryl methyl sites for hydroxylation is 2. The summed E-state index contributed by atoms with van der Waals surface area (Å²) in [4.78, 5) is 19.7. The zero-order chi connectivity index (χ0) is 17.2. The van der Waals surface area contributed by atoms with Gasteiger partial charge in [-0.3, -0.25) is 4.79 Å². The molecule has 3 heterocycles. The molecule has 1 fully saturated rings. The lowest BCUT2D eigenvalue weighted by Crippen LogP contribution is -2.32. The fourth-order valence-corrected chi connectivity index (χ4v) is 3.84. The molecule has 5 nitrogen and oxygen atoms in total. The number of furan rings is 1. The van der Waals surface area contributed by atoms with Gasteiger partial charge in [-0.15, -0.1) is 0 Å². The van der Waals surface area contributed by atoms with Crippen LogP contribution in [0.1, 0.15) is 43.8 Å². The Morgan fingerprint density at radius 3 is 2.96 bits per heavy atom. The molecule has 0 radical (unpaired) electrons. The first-order valence-electron chi connectivity index (χ1n) is 9.05. The molecule has 0 bridgehead atoms. The third-order valence-corrected chi connectivity index (χ3v) is 5.04. The van der Waals surface area contributed by atoms with E-state index in [-0.39, 0.29) is 11.9 Å². The lowest BCUT2D eigenvalue weighted by molar-refractivity contribution is -0.132. The number of hydrogen-bond acceptors (Lipinski definition) is 3. The Morgan fingerprint density at radius 2 is 2.16 bits per heavy atom. The molecule has 5 heteroatoms. The molecule has 1 unspecified atom stereocenters. The lowest BCUT2D eigenvalue weighted by atomic mass is 10.2. The number of para-hydroxylation sites is 2. The molecule has 2 aromatic heterocycles. The van der Waals surface area contributed by atoms with Gasteiger partial charge in [0.15, 0.2) is 0 Å². The van der Waals surface area contributed by atoms with Crippen molar-refractivity contribution in [3.63, 3.8) is 0 Å². The third kappa shape index (κ3) is 2.95. The Balaban J connectivity index is 1.58. The largest absolute Gasteiger partial charge is 0.469 e. The van der Waals surface area contributed by atoms with Crippen molar-refractivity contribution in [1.29, 1.82) is 0 Å². The van der Waals surface area contributed by atoms with Crippen LogP contribution in [0.2, 0.25) is 0 Å². The van der Waals surface area contributed by atoms with Crippen LogP contribution in [0.15, 0.2) is 47.1 Å². The van der Waals surface area contributed by atoms with Crippen LogP contribution in [-0.4, -0.2) is 26.9 Å². The minimum absolute atomic E-state index is 0.0800. The number of likely N-dealkylation sites (tertiary alicyclic amines) is 1. The quantitative estimate of drug-likeness (QED) is 0.708. The van der Waals surface area contributed by atoms with Crippen molar-refractivity contribution in [2.24, 2.45) is 0 Å². The highest BCUT2D eigenvalue weighted by Gasteiger charge is 2.33. The average molecular weight is 337 g/mol. The molecule has 25 heavy (non-hydrogen) atoms. The van der Waals surface area contributed by atoms with Gasteiger partial charge in [-0.25, -0.2) is 4.98 Å². The monoisotopic (exact) mass is 337 g/mol. The van der Waals surface area contributed by atoms with E-state index in [1.807, 2.05) is 35.2 Å². The van der Waals surface area contributed by atoms with Crippen LogP contribution in [-0.2, 0) is 17.8 Å². The van der Waals surface area contributed by atoms with Gasteiger partial charge in [-0.1, -0.05) is 12.1 Å². The minimum atomic E-state index is 0.0800. The first kappa shape index (κ1) is 15.9. The van der Waals surface area contributed by atoms with E-state index in [2.05, 4.69) is 17.6 Å². The van der Waals surface area contributed by atoms with Gasteiger partial charge in [-0.05, 0) is 44.0 Å². The van der Waals surface area contributed by atoms with E-state index in [0.29, 0.717) is 12.8 Å². The van der Waals surface area contributed by atoms with E-state index >= 15 is 0 Å². The van der Waals surface area contributed by atoms with Gasteiger partial charge in [0, 0.05) is 25.9 Å². The second-order valence-corrected chi connectivity index (χ2v) is 6.53. The number of carbonyl (C=O) groups excluding carboxylic acids is 1. The molecule has 130 valence electrons. The SMILES string of the molecule is CCn1c(C2CCCN2C(=O)CCc2ccco2)nc2ccccc21. The Bertz CT molecular complexity index is 866. The standard InChI is InChI=1S/C20H23N3O2/c1-2-22-17-9-4-3-8-16(17)21-20(22)18-10-5-13-23(18)19(24)12-11-15-7-6-14-25-15/h3-4,6-9,14,18H,2,5,10-13H2,1H3. The van der Waals surface area contributed by atoms with Gasteiger partial charge >= 0.3 is 0 Å². The number of nitrogens with zero attached hydrogens (tertiary/aromatic N) is 3. The Kier molecular flexibility index (Phi) is 4.30. The van der Waals surface area contributed by atoms with E-state index in [4.69, 9.17) is 9.40 Å². The summed E-state index contributed by atoms with van der Waals surface area (Å²) in [6, 6.07) is 12.1. The van der Waals surface area contributed by atoms with Gasteiger partial charge < -0.3 is 13.9 Å². The van der Waals surface area contributed by atoms with Crippen LogP contribution < -0.4 is 0 Å². The van der Waals surface area contributed by atoms with Crippen molar-refractivity contribution in [3.8, 4) is 0 Å². The van der Waals surface area contributed by atoms with Crippen molar-refractivity contribution in [2.45, 2.75) is 45.2 Å². The molecule has 0 N–H and O–H groups in total. The second-order valence-electron chi connectivity index (χ2n) is 6.53. The number of rotatable bonds is 5. The molecule has 0 aliphatic carbocycles. The number of carbonyl (C=O) groups is 1. The van der Waals surface area contributed by atoms with E-state index < -0.39 is 0 Å². The summed E-state index contributed by atoms with van der Waals surface area (Å²) in [6.07, 6.45) is 4.80. The van der Waals surface area contributed by atoms with E-state index in [1.165, 1.54) is 0 Å². The Hall–Kier alpha value is -2.56. The molecule has 1 aliphatic heterocycles. The van der Waals surface area contributed by atoms with E-state index in [9.17, 15) is 4.79 Å². The number of amides is 1. The number of benzene rings is 1. The molecule has 1 aliphatic rings. The molecular formula is C20H23N3O2. The predicted octanol–water partition coefficient (Wildman–Crippen LogP) is 3.95. The summed E-state index contributed by atoms with van der Waals surface area (Å²) in [5, 5.41) is 0. The van der Waals surface area contributed by atoms with Crippen LogP contribution in [0.5, 0.6) is 0 Å². The zero-order valence-electron chi connectivity index (χ0n) is 14.5. The van der Waals surface area contributed by atoms with Gasteiger partial charge in [0.25, 0.3) is 0 Å². The molecule has 1 saturated heterocycles. The van der Waals surface area contributed by atoms with E-state index in [1.54, 1.807) is 6.26 Å². The van der Waals surface area contributed by atoms with Crippen LogP contribution in [0.3, 0.4) is 0 Å². The maximum atomic E-state index is 12.8.